The van der Waals surface area contributed by atoms with Crippen LogP contribution in [-0.2, 0) is 0 Å². The van der Waals surface area contributed by atoms with Gasteiger partial charge in [0.1, 0.15) is 0 Å². The van der Waals surface area contributed by atoms with Gasteiger partial charge in [0.05, 0.1) is 0 Å². The van der Waals surface area contributed by atoms with Gasteiger partial charge in [-0.05, 0) is 47.0 Å². The lowest BCUT2D eigenvalue weighted by atomic mass is 9.95. The minimum Gasteiger partial charge on any atom is -0.289 e. The summed E-state index contributed by atoms with van der Waals surface area (Å²) >= 11 is 12.0. The van der Waals surface area contributed by atoms with Crippen LogP contribution in [-0.4, -0.2) is 5.78 Å². The monoisotopic (exact) mass is 352 g/mol. The number of rotatable bonds is 4. The molecule has 0 N–H and O–H groups in total. The molecule has 0 radical (unpaired) electrons. The molecule has 0 atom stereocenters. The summed E-state index contributed by atoms with van der Waals surface area (Å²) < 4.78 is 0. The number of allylic oxidation sites excluding steroid dienone is 1. The number of carbonyl (C=O) groups is 1. The molecule has 3 rings (SSSR count). The highest BCUT2D eigenvalue weighted by atomic mass is 35.5. The van der Waals surface area contributed by atoms with Crippen LogP contribution in [0.15, 0.2) is 84.9 Å². The highest BCUT2D eigenvalue weighted by Gasteiger charge is 2.09. The molecule has 0 aliphatic carbocycles. The van der Waals surface area contributed by atoms with Gasteiger partial charge in [0.15, 0.2) is 5.78 Å². The average molecular weight is 353 g/mol. The van der Waals surface area contributed by atoms with E-state index in [0.717, 1.165) is 16.7 Å². The maximum absolute atomic E-state index is 12.6. The largest absolute Gasteiger partial charge is 0.289 e. The molecule has 0 saturated carbocycles. The summed E-state index contributed by atoms with van der Waals surface area (Å²) in [5, 5.41) is 1.31. The molecule has 0 unspecified atom stereocenters. The third-order valence-electron chi connectivity index (χ3n) is 3.64. The number of hydrogen-bond acceptors (Lipinski definition) is 1. The predicted octanol–water partition coefficient (Wildman–Crippen LogP) is 6.31. The van der Waals surface area contributed by atoms with Crippen LogP contribution in [0.5, 0.6) is 0 Å². The summed E-state index contributed by atoms with van der Waals surface area (Å²) in [5.41, 5.74) is 3.33. The number of hydrogen-bond donors (Lipinski definition) is 0. The molecule has 0 fully saturated rings. The Morgan fingerprint density at radius 1 is 0.625 bits per heavy atom. The smallest absolute Gasteiger partial charge is 0.186 e. The van der Waals surface area contributed by atoms with Gasteiger partial charge in [0, 0.05) is 15.6 Å². The molecule has 0 amide bonds. The SMILES string of the molecule is O=C(C=C(c1ccc(Cl)cc1)c1ccc(Cl)cc1)c1ccccc1. The van der Waals surface area contributed by atoms with E-state index >= 15 is 0 Å². The number of halogens is 2. The Morgan fingerprint density at radius 2 is 1.08 bits per heavy atom. The summed E-state index contributed by atoms with van der Waals surface area (Å²) in [4.78, 5) is 12.6. The Bertz CT molecular complexity index is 816. The van der Waals surface area contributed by atoms with Gasteiger partial charge in [-0.15, -0.1) is 0 Å². The van der Waals surface area contributed by atoms with Crippen LogP contribution in [0, 0.1) is 0 Å². The molecule has 0 spiro atoms. The molecular formula is C21H14Cl2O. The average Bonchev–Trinajstić information content (AvgIpc) is 2.62. The quantitative estimate of drug-likeness (QED) is 0.397. The fourth-order valence-electron chi connectivity index (χ4n) is 2.41. The number of carbonyl (C=O) groups excluding carboxylic acids is 1. The summed E-state index contributed by atoms with van der Waals surface area (Å²) in [7, 11) is 0. The van der Waals surface area contributed by atoms with Crippen LogP contribution in [0.3, 0.4) is 0 Å². The second kappa shape index (κ2) is 7.48. The molecule has 0 heterocycles. The fraction of sp³-hybridized carbons (Fsp3) is 0. The third-order valence-corrected chi connectivity index (χ3v) is 4.15. The first-order valence-electron chi connectivity index (χ1n) is 7.46. The number of ketones is 1. The van der Waals surface area contributed by atoms with E-state index in [4.69, 9.17) is 23.2 Å². The molecular weight excluding hydrogens is 339 g/mol. The zero-order valence-electron chi connectivity index (χ0n) is 12.7. The van der Waals surface area contributed by atoms with Crippen LogP contribution in [0.1, 0.15) is 21.5 Å². The Hall–Kier alpha value is -2.35. The minimum absolute atomic E-state index is 0.0458. The van der Waals surface area contributed by atoms with Crippen LogP contribution in [0.25, 0.3) is 5.57 Å². The Labute approximate surface area is 151 Å². The Morgan fingerprint density at radius 3 is 1.54 bits per heavy atom. The van der Waals surface area contributed by atoms with Crippen molar-refractivity contribution >= 4 is 34.6 Å². The third kappa shape index (κ3) is 3.94. The van der Waals surface area contributed by atoms with E-state index < -0.39 is 0 Å². The Kier molecular flexibility index (Phi) is 5.14. The van der Waals surface area contributed by atoms with Gasteiger partial charge >= 0.3 is 0 Å². The van der Waals surface area contributed by atoms with Crippen molar-refractivity contribution in [1.82, 2.24) is 0 Å². The minimum atomic E-state index is -0.0458. The van der Waals surface area contributed by atoms with Crippen LogP contribution < -0.4 is 0 Å². The highest BCUT2D eigenvalue weighted by molar-refractivity contribution is 6.31. The lowest BCUT2D eigenvalue weighted by Crippen LogP contribution is -1.97. The van der Waals surface area contributed by atoms with Gasteiger partial charge in [-0.25, -0.2) is 0 Å². The molecule has 118 valence electrons. The van der Waals surface area contributed by atoms with Gasteiger partial charge in [0.2, 0.25) is 0 Å². The van der Waals surface area contributed by atoms with Crippen molar-refractivity contribution in [3.05, 3.63) is 112 Å². The van der Waals surface area contributed by atoms with Crippen molar-refractivity contribution in [3.8, 4) is 0 Å². The van der Waals surface area contributed by atoms with E-state index in [-0.39, 0.29) is 5.78 Å². The van der Waals surface area contributed by atoms with Gasteiger partial charge in [0.25, 0.3) is 0 Å². The lowest BCUT2D eigenvalue weighted by molar-refractivity contribution is 0.104. The van der Waals surface area contributed by atoms with Gasteiger partial charge < -0.3 is 0 Å². The van der Waals surface area contributed by atoms with Crippen molar-refractivity contribution < 1.29 is 4.79 Å². The molecule has 0 saturated heterocycles. The van der Waals surface area contributed by atoms with E-state index in [1.54, 1.807) is 18.2 Å². The topological polar surface area (TPSA) is 17.1 Å². The Balaban J connectivity index is 2.07. The predicted molar refractivity (Wildman–Crippen MR) is 101 cm³/mol. The first-order chi connectivity index (χ1) is 11.6. The zero-order chi connectivity index (χ0) is 16.9. The maximum Gasteiger partial charge on any atom is 0.186 e. The standard InChI is InChI=1S/C21H14Cl2O/c22-18-10-6-15(7-11-18)20(16-8-12-19(23)13-9-16)14-21(24)17-4-2-1-3-5-17/h1-14H. The molecule has 0 aromatic heterocycles. The summed E-state index contributed by atoms with van der Waals surface area (Å²) in [6.07, 6.45) is 1.65. The molecule has 0 aliphatic rings. The molecule has 3 aromatic rings. The van der Waals surface area contributed by atoms with Crippen molar-refractivity contribution in [2.45, 2.75) is 0 Å². The van der Waals surface area contributed by atoms with Crippen molar-refractivity contribution in [3.63, 3.8) is 0 Å². The zero-order valence-corrected chi connectivity index (χ0v) is 14.3. The van der Waals surface area contributed by atoms with E-state index in [9.17, 15) is 4.79 Å². The number of benzene rings is 3. The van der Waals surface area contributed by atoms with E-state index in [1.807, 2.05) is 66.7 Å². The highest BCUT2D eigenvalue weighted by Crippen LogP contribution is 2.26. The fourth-order valence-corrected chi connectivity index (χ4v) is 2.66. The van der Waals surface area contributed by atoms with E-state index in [2.05, 4.69) is 0 Å². The van der Waals surface area contributed by atoms with Crippen molar-refractivity contribution in [2.75, 3.05) is 0 Å². The normalized spacial score (nSPS) is 10.2. The van der Waals surface area contributed by atoms with E-state index in [1.165, 1.54) is 0 Å². The molecule has 3 heteroatoms. The van der Waals surface area contributed by atoms with Gasteiger partial charge in [-0.2, -0.15) is 0 Å². The molecule has 0 bridgehead atoms. The summed E-state index contributed by atoms with van der Waals surface area (Å²) in [6.45, 7) is 0. The first kappa shape index (κ1) is 16.5. The van der Waals surface area contributed by atoms with Gasteiger partial charge in [-0.1, -0.05) is 77.8 Å². The summed E-state index contributed by atoms with van der Waals surface area (Å²) in [5.74, 6) is -0.0458. The van der Waals surface area contributed by atoms with Crippen molar-refractivity contribution in [2.24, 2.45) is 0 Å². The van der Waals surface area contributed by atoms with E-state index in [0.29, 0.717) is 15.6 Å². The van der Waals surface area contributed by atoms with Gasteiger partial charge in [-0.3, -0.25) is 4.79 Å². The molecule has 3 aromatic carbocycles. The first-order valence-corrected chi connectivity index (χ1v) is 8.22. The van der Waals surface area contributed by atoms with Crippen LogP contribution >= 0.6 is 23.2 Å². The second-order valence-corrected chi connectivity index (χ2v) is 6.17. The maximum atomic E-state index is 12.6. The van der Waals surface area contributed by atoms with Crippen LogP contribution in [0.4, 0.5) is 0 Å². The molecule has 1 nitrogen and oxygen atoms in total. The molecule has 0 aliphatic heterocycles. The van der Waals surface area contributed by atoms with Crippen molar-refractivity contribution in [1.29, 1.82) is 0 Å². The summed E-state index contributed by atoms with van der Waals surface area (Å²) in [6, 6.07) is 24.1. The molecule has 24 heavy (non-hydrogen) atoms. The second-order valence-electron chi connectivity index (χ2n) is 5.30. The van der Waals surface area contributed by atoms with Crippen LogP contribution in [0.2, 0.25) is 10.0 Å². The lowest BCUT2D eigenvalue weighted by Gasteiger charge is -2.09.